The summed E-state index contributed by atoms with van der Waals surface area (Å²) in [6, 6.07) is 16.1. The number of aromatic amines is 1. The van der Waals surface area contributed by atoms with E-state index < -0.39 is 5.97 Å². The van der Waals surface area contributed by atoms with Crippen LogP contribution >= 0.6 is 12.2 Å². The Kier molecular flexibility index (Phi) is 8.92. The van der Waals surface area contributed by atoms with Crippen LogP contribution in [0.2, 0.25) is 0 Å². The summed E-state index contributed by atoms with van der Waals surface area (Å²) in [6.45, 7) is 4.09. The number of hydrogen-bond acceptors (Lipinski definition) is 8. The van der Waals surface area contributed by atoms with Gasteiger partial charge in [-0.1, -0.05) is 80.2 Å². The van der Waals surface area contributed by atoms with Gasteiger partial charge in [0, 0.05) is 34.4 Å². The van der Waals surface area contributed by atoms with Crippen molar-refractivity contribution in [2.24, 2.45) is 0 Å². The smallest absolute Gasteiger partial charge is 0.338 e. The van der Waals surface area contributed by atoms with Crippen LogP contribution in [0.15, 0.2) is 76.6 Å². The first kappa shape index (κ1) is 28.9. The van der Waals surface area contributed by atoms with Crippen LogP contribution in [0.1, 0.15) is 48.8 Å². The maximum absolute atomic E-state index is 14.2. The van der Waals surface area contributed by atoms with Gasteiger partial charge in [0.1, 0.15) is 5.82 Å². The van der Waals surface area contributed by atoms with Gasteiger partial charge in [-0.25, -0.2) is 9.78 Å². The van der Waals surface area contributed by atoms with Crippen LogP contribution < -0.4 is 5.56 Å². The molecule has 9 nitrogen and oxygen atoms in total. The van der Waals surface area contributed by atoms with Gasteiger partial charge < -0.3 is 4.74 Å². The molecule has 0 saturated carbocycles. The van der Waals surface area contributed by atoms with Gasteiger partial charge in [-0.15, -0.1) is 10.2 Å². The summed E-state index contributed by atoms with van der Waals surface area (Å²) < 4.78 is 6.61. The average Bonchev–Trinajstić information content (AvgIpc) is 3.55. The Labute approximate surface area is 249 Å². The summed E-state index contributed by atoms with van der Waals surface area (Å²) in [5.74, 6) is 0.576. The standard InChI is InChI=1S/C32H32N6O3S/c1-4-5-13-28-26(31(39)38(20(2)33-28)19-27-24(32(40)41-3)12-9-14-29(27)42)18-21-15-16-23(22-10-7-6-8-11-22)25(17-21)30-34-36-37-35-30/h6-12,15-17H,4-5,13-14,18-19H2,1-3H3,(H,34,35,36,37). The number of ether oxygens (including phenoxy) is 1. The van der Waals surface area contributed by atoms with Crippen molar-refractivity contribution in [2.75, 3.05) is 7.11 Å². The monoisotopic (exact) mass is 580 g/mol. The highest BCUT2D eigenvalue weighted by atomic mass is 32.1. The van der Waals surface area contributed by atoms with E-state index in [2.05, 4.69) is 27.5 Å². The van der Waals surface area contributed by atoms with Gasteiger partial charge >= 0.3 is 5.97 Å². The van der Waals surface area contributed by atoms with Crippen LogP contribution in [-0.2, 0) is 28.9 Å². The van der Waals surface area contributed by atoms with Gasteiger partial charge in [0.05, 0.1) is 24.9 Å². The number of carbonyl (C=O) groups excluding carboxylic acids is 1. The number of aryl methyl sites for hydroxylation is 2. The van der Waals surface area contributed by atoms with Gasteiger partial charge in [0.25, 0.3) is 5.56 Å². The van der Waals surface area contributed by atoms with E-state index in [1.165, 1.54) is 7.11 Å². The Hall–Kier alpha value is -4.57. The highest BCUT2D eigenvalue weighted by Crippen LogP contribution is 2.31. The molecule has 10 heteroatoms. The maximum atomic E-state index is 14.2. The Morgan fingerprint density at radius 1 is 1.14 bits per heavy atom. The zero-order valence-corrected chi connectivity index (χ0v) is 24.7. The number of thiocarbonyl (C=S) groups is 1. The Balaban J connectivity index is 1.60. The van der Waals surface area contributed by atoms with Crippen molar-refractivity contribution >= 4 is 23.1 Å². The first-order valence-corrected chi connectivity index (χ1v) is 14.3. The summed E-state index contributed by atoms with van der Waals surface area (Å²) in [4.78, 5) is 32.2. The summed E-state index contributed by atoms with van der Waals surface area (Å²) >= 11 is 5.61. The molecule has 5 rings (SSSR count). The van der Waals surface area contributed by atoms with Crippen LogP contribution in [-0.4, -0.2) is 48.1 Å². The molecule has 1 aliphatic rings. The number of aromatic nitrogens is 6. The second-order valence-electron chi connectivity index (χ2n) is 10.2. The predicted molar refractivity (Wildman–Crippen MR) is 165 cm³/mol. The van der Waals surface area contributed by atoms with E-state index >= 15 is 0 Å². The van der Waals surface area contributed by atoms with Crippen molar-refractivity contribution in [1.29, 1.82) is 0 Å². The number of tetrazole rings is 1. The number of carbonyl (C=O) groups is 1. The lowest BCUT2D eigenvalue weighted by molar-refractivity contribution is -0.135. The number of allylic oxidation sites excluding steroid dienone is 2. The molecule has 214 valence electrons. The lowest BCUT2D eigenvalue weighted by atomic mass is 9.94. The van der Waals surface area contributed by atoms with Crippen molar-refractivity contribution in [3.05, 3.63) is 105 Å². The van der Waals surface area contributed by atoms with Gasteiger partial charge in [0.2, 0.25) is 5.82 Å². The number of methoxy groups -OCH3 is 1. The fourth-order valence-electron chi connectivity index (χ4n) is 5.20. The van der Waals surface area contributed by atoms with Gasteiger partial charge in [-0.2, -0.15) is 5.21 Å². The van der Waals surface area contributed by atoms with Crippen LogP contribution in [0.4, 0.5) is 0 Å². The first-order chi connectivity index (χ1) is 20.4. The molecule has 0 amide bonds. The molecular weight excluding hydrogens is 548 g/mol. The number of benzene rings is 2. The van der Waals surface area contributed by atoms with E-state index in [0.717, 1.165) is 40.8 Å². The average molecular weight is 581 g/mol. The number of nitrogens with zero attached hydrogens (tertiary/aromatic N) is 5. The summed E-state index contributed by atoms with van der Waals surface area (Å²) in [6.07, 6.45) is 7.04. The van der Waals surface area contributed by atoms with E-state index in [9.17, 15) is 9.59 Å². The van der Waals surface area contributed by atoms with Crippen molar-refractivity contribution in [3.8, 4) is 22.5 Å². The molecule has 0 saturated heterocycles. The van der Waals surface area contributed by atoms with Crippen molar-refractivity contribution in [3.63, 3.8) is 0 Å². The van der Waals surface area contributed by atoms with Crippen molar-refractivity contribution in [1.82, 2.24) is 30.2 Å². The third-order valence-electron chi connectivity index (χ3n) is 7.41. The number of unbranched alkanes of at least 4 members (excludes halogenated alkanes) is 1. The summed E-state index contributed by atoms with van der Waals surface area (Å²) in [5, 5.41) is 14.8. The topological polar surface area (TPSA) is 116 Å². The lowest BCUT2D eigenvalue weighted by Crippen LogP contribution is -2.32. The van der Waals surface area contributed by atoms with Gasteiger partial charge in [-0.3, -0.25) is 9.36 Å². The first-order valence-electron chi connectivity index (χ1n) is 13.9. The third kappa shape index (κ3) is 6.03. The maximum Gasteiger partial charge on any atom is 0.338 e. The molecule has 0 bridgehead atoms. The van der Waals surface area contributed by atoms with Gasteiger partial charge in [-0.05, 0) is 47.7 Å². The van der Waals surface area contributed by atoms with Crippen LogP contribution in [0, 0.1) is 6.92 Å². The Morgan fingerprint density at radius 2 is 1.95 bits per heavy atom. The zero-order valence-electron chi connectivity index (χ0n) is 23.9. The number of hydrogen-bond donors (Lipinski definition) is 1. The molecule has 2 aromatic heterocycles. The second-order valence-corrected chi connectivity index (χ2v) is 10.6. The normalized spacial score (nSPS) is 13.1. The zero-order chi connectivity index (χ0) is 29.6. The molecule has 1 aliphatic carbocycles. The van der Waals surface area contributed by atoms with E-state index in [4.69, 9.17) is 21.9 Å². The second kappa shape index (κ2) is 12.9. The van der Waals surface area contributed by atoms with Gasteiger partial charge in [0.15, 0.2) is 0 Å². The van der Waals surface area contributed by atoms with E-state index in [0.29, 0.717) is 52.5 Å². The quantitative estimate of drug-likeness (QED) is 0.203. The fraction of sp³-hybridized carbons (Fsp3) is 0.281. The molecule has 1 N–H and O–H groups in total. The Morgan fingerprint density at radius 3 is 2.67 bits per heavy atom. The minimum Gasteiger partial charge on any atom is -0.465 e. The van der Waals surface area contributed by atoms with E-state index in [1.54, 1.807) is 10.6 Å². The minimum absolute atomic E-state index is 0.143. The number of H-pyrrole nitrogens is 1. The molecule has 0 spiro atoms. The minimum atomic E-state index is -0.478. The van der Waals surface area contributed by atoms with Crippen molar-refractivity contribution < 1.29 is 9.53 Å². The number of rotatable bonds is 10. The Bertz CT molecular complexity index is 1740. The van der Waals surface area contributed by atoms with E-state index in [-0.39, 0.29) is 12.1 Å². The predicted octanol–water partition coefficient (Wildman–Crippen LogP) is 5.13. The molecule has 2 aromatic carbocycles. The molecular formula is C32H32N6O3S. The fourth-order valence-corrected chi connectivity index (χ4v) is 5.47. The summed E-state index contributed by atoms with van der Waals surface area (Å²) in [5.41, 5.74) is 5.99. The van der Waals surface area contributed by atoms with Crippen LogP contribution in [0.25, 0.3) is 22.5 Å². The molecule has 0 atom stereocenters. The molecule has 0 unspecified atom stereocenters. The number of esters is 1. The summed E-state index contributed by atoms with van der Waals surface area (Å²) in [7, 11) is 1.34. The lowest BCUT2D eigenvalue weighted by Gasteiger charge is -2.20. The molecule has 0 radical (unpaired) electrons. The highest BCUT2D eigenvalue weighted by molar-refractivity contribution is 7.80. The molecule has 4 aromatic rings. The van der Waals surface area contributed by atoms with Crippen LogP contribution in [0.3, 0.4) is 0 Å². The molecule has 42 heavy (non-hydrogen) atoms. The molecule has 2 heterocycles. The highest BCUT2D eigenvalue weighted by Gasteiger charge is 2.23. The third-order valence-corrected chi connectivity index (χ3v) is 7.83. The largest absolute Gasteiger partial charge is 0.465 e. The van der Waals surface area contributed by atoms with Crippen molar-refractivity contribution in [2.45, 2.75) is 52.5 Å². The SMILES string of the molecule is CCCCc1nc(C)n(CC2=C(C(=O)OC)C=CCC2=S)c(=O)c1Cc1ccc(-c2ccccc2)c(-c2nn[nH]n2)c1. The molecule has 0 fully saturated rings. The number of nitrogens with one attached hydrogen (secondary N) is 1. The van der Waals surface area contributed by atoms with E-state index in [1.807, 2.05) is 61.5 Å². The van der Waals surface area contributed by atoms with Crippen LogP contribution in [0.5, 0.6) is 0 Å². The molecule has 0 aliphatic heterocycles.